The summed E-state index contributed by atoms with van der Waals surface area (Å²) >= 11 is 0. The van der Waals surface area contributed by atoms with Gasteiger partial charge in [0.25, 0.3) is 0 Å². The summed E-state index contributed by atoms with van der Waals surface area (Å²) in [4.78, 5) is 60.1. The van der Waals surface area contributed by atoms with Gasteiger partial charge in [0, 0.05) is 25.1 Å². The van der Waals surface area contributed by atoms with Crippen molar-refractivity contribution < 1.29 is 19.1 Å². The van der Waals surface area contributed by atoms with Crippen molar-refractivity contribution >= 4 is 17.9 Å². The van der Waals surface area contributed by atoms with Crippen LogP contribution in [0.1, 0.15) is 121 Å². The highest BCUT2D eigenvalue weighted by molar-refractivity contribution is 5.86. The second-order valence-electron chi connectivity index (χ2n) is 18.8. The van der Waals surface area contributed by atoms with Gasteiger partial charge < -0.3 is 29.8 Å². The topological polar surface area (TPSA) is 136 Å². The van der Waals surface area contributed by atoms with E-state index in [1.54, 1.807) is 0 Å². The highest BCUT2D eigenvalue weighted by atomic mass is 16.5. The predicted molar refractivity (Wildman–Crippen MR) is 225 cm³/mol. The lowest BCUT2D eigenvalue weighted by Crippen LogP contribution is -2.51. The minimum Gasteiger partial charge on any atom is -0.453 e. The average Bonchev–Trinajstić information content (AvgIpc) is 4.05. The van der Waals surface area contributed by atoms with Crippen LogP contribution in [0, 0.1) is 29.1 Å². The average molecular weight is 788 g/mol. The Morgan fingerprint density at radius 2 is 1.34 bits per heavy atom. The monoisotopic (exact) mass is 787 g/mol. The summed E-state index contributed by atoms with van der Waals surface area (Å²) in [6, 6.07) is 12.5. The van der Waals surface area contributed by atoms with Gasteiger partial charge in [0.05, 0.1) is 43.0 Å². The zero-order valence-electron chi connectivity index (χ0n) is 35.4. The number of methoxy groups -OCH3 is 1. The van der Waals surface area contributed by atoms with E-state index in [1.807, 2.05) is 36.0 Å². The third kappa shape index (κ3) is 7.69. The van der Waals surface area contributed by atoms with Gasteiger partial charge in [-0.1, -0.05) is 90.8 Å². The number of benzene rings is 2. The SMILES string of the molecule is COC(=O)N[C@H](C(=O)N1C[C@@H](C)C[C@H]1c1ncc(-c2ccc(-c3ccc(-c4cnc([C@@H]5C[C@H](C)CN5C(=O)CC(C)C)[nH]4)cc3)c3c2CC2(CCCC2)C3)[nH]1)C(C)C. The number of likely N-dealkylation sites (tertiary alicyclic amines) is 2. The van der Waals surface area contributed by atoms with Crippen LogP contribution in [0.2, 0.25) is 0 Å². The van der Waals surface area contributed by atoms with Crippen LogP contribution in [0.15, 0.2) is 48.8 Å². The number of alkyl carbamates (subject to hydrolysis) is 1. The summed E-state index contributed by atoms with van der Waals surface area (Å²) in [6.45, 7) is 13.8. The van der Waals surface area contributed by atoms with Gasteiger partial charge in [-0.25, -0.2) is 14.8 Å². The molecule has 4 aliphatic rings. The fourth-order valence-electron chi connectivity index (χ4n) is 10.5. The number of H-pyrrole nitrogens is 2. The van der Waals surface area contributed by atoms with Crippen molar-refractivity contribution in [2.24, 2.45) is 29.1 Å². The molecule has 308 valence electrons. The minimum atomic E-state index is -0.683. The molecule has 11 heteroatoms. The molecule has 3 N–H and O–H groups in total. The molecule has 0 unspecified atom stereocenters. The van der Waals surface area contributed by atoms with Gasteiger partial charge in [-0.15, -0.1) is 0 Å². The Bertz CT molecular complexity index is 2150. The lowest BCUT2D eigenvalue weighted by Gasteiger charge is -2.30. The summed E-state index contributed by atoms with van der Waals surface area (Å²) in [6.07, 6.45) is 12.7. The molecule has 58 heavy (non-hydrogen) atoms. The number of amides is 3. The quantitative estimate of drug-likeness (QED) is 0.147. The summed E-state index contributed by atoms with van der Waals surface area (Å²) in [5.74, 6) is 2.73. The maximum atomic E-state index is 13.9. The summed E-state index contributed by atoms with van der Waals surface area (Å²) in [5.41, 5.74) is 9.87. The molecule has 2 aliphatic carbocycles. The van der Waals surface area contributed by atoms with Crippen molar-refractivity contribution in [3.63, 3.8) is 0 Å². The fraction of sp³-hybridized carbons (Fsp3) is 0.553. The Balaban J connectivity index is 1.06. The fourth-order valence-corrected chi connectivity index (χ4v) is 10.5. The molecule has 2 saturated heterocycles. The molecule has 5 atom stereocenters. The number of fused-ring (bicyclic) bond motifs is 1. The number of hydrogen-bond acceptors (Lipinski definition) is 6. The Morgan fingerprint density at radius 1 is 0.793 bits per heavy atom. The van der Waals surface area contributed by atoms with Gasteiger partial charge in [-0.05, 0) is 95.4 Å². The molecule has 4 heterocycles. The number of imidazole rings is 2. The number of ether oxygens (including phenoxy) is 1. The molecule has 3 fully saturated rings. The molecule has 8 rings (SSSR count). The van der Waals surface area contributed by atoms with Crippen molar-refractivity contribution in [2.45, 2.75) is 117 Å². The summed E-state index contributed by atoms with van der Waals surface area (Å²) in [5, 5.41) is 2.77. The number of carbonyl (C=O) groups is 3. The molecule has 2 aromatic carbocycles. The van der Waals surface area contributed by atoms with Gasteiger partial charge in [0.2, 0.25) is 11.8 Å². The molecular formula is C47H61N7O4. The zero-order chi connectivity index (χ0) is 40.9. The number of aromatic amines is 2. The van der Waals surface area contributed by atoms with Gasteiger partial charge in [-0.2, -0.15) is 0 Å². The van der Waals surface area contributed by atoms with Crippen LogP contribution in [0.5, 0.6) is 0 Å². The lowest BCUT2D eigenvalue weighted by atomic mass is 9.82. The van der Waals surface area contributed by atoms with E-state index in [0.29, 0.717) is 36.1 Å². The Labute approximate surface area is 343 Å². The highest BCUT2D eigenvalue weighted by Gasteiger charge is 2.43. The third-order valence-electron chi connectivity index (χ3n) is 13.4. The van der Waals surface area contributed by atoms with Crippen LogP contribution in [0.3, 0.4) is 0 Å². The van der Waals surface area contributed by atoms with E-state index in [1.165, 1.54) is 60.6 Å². The van der Waals surface area contributed by atoms with Crippen LogP contribution in [-0.2, 0) is 27.2 Å². The smallest absolute Gasteiger partial charge is 0.407 e. The maximum absolute atomic E-state index is 13.9. The molecule has 11 nitrogen and oxygen atoms in total. The Morgan fingerprint density at radius 3 is 1.97 bits per heavy atom. The van der Waals surface area contributed by atoms with E-state index in [-0.39, 0.29) is 29.8 Å². The summed E-state index contributed by atoms with van der Waals surface area (Å²) in [7, 11) is 1.32. The van der Waals surface area contributed by atoms with Gasteiger partial charge in [0.1, 0.15) is 17.7 Å². The first kappa shape index (κ1) is 39.9. The third-order valence-corrected chi connectivity index (χ3v) is 13.4. The van der Waals surface area contributed by atoms with Crippen LogP contribution in [0.4, 0.5) is 4.79 Å². The van der Waals surface area contributed by atoms with Gasteiger partial charge in [-0.3, -0.25) is 9.59 Å². The van der Waals surface area contributed by atoms with Crippen LogP contribution >= 0.6 is 0 Å². The second kappa shape index (κ2) is 16.0. The van der Waals surface area contributed by atoms with E-state index < -0.39 is 12.1 Å². The number of aromatic nitrogens is 4. The van der Waals surface area contributed by atoms with Crippen LogP contribution in [-0.4, -0.2) is 73.9 Å². The molecular weight excluding hydrogens is 727 g/mol. The molecule has 1 spiro atoms. The Kier molecular flexibility index (Phi) is 11.0. The number of carbonyl (C=O) groups excluding carboxylic acids is 3. The highest BCUT2D eigenvalue weighted by Crippen LogP contribution is 2.53. The normalized spacial score (nSPS) is 23.0. The van der Waals surface area contributed by atoms with Crippen molar-refractivity contribution in [3.8, 4) is 33.6 Å². The number of hydrogen-bond donors (Lipinski definition) is 3. The van der Waals surface area contributed by atoms with E-state index in [4.69, 9.17) is 14.7 Å². The standard InChI is InChI=1S/C47H61N7O4/c1-27(2)18-41(55)53-25-29(5)19-39(53)43-48-23-37(50-43)32-12-10-31(11-13-32)33-14-15-34(36-22-47(21-35(33)36)16-8-9-17-47)38-24-49-44(51-38)40-20-30(6)26-54(40)45(56)42(28(3)4)52-46(57)58-7/h10-15,23-24,27-30,39-40,42H,8-9,16-22,25-26H2,1-7H3,(H,48,50)(H,49,51)(H,52,57)/t29-,30-,39-,40-,42-/m0/s1. The maximum Gasteiger partial charge on any atom is 0.407 e. The first-order valence-electron chi connectivity index (χ1n) is 21.6. The zero-order valence-corrected chi connectivity index (χ0v) is 35.4. The predicted octanol–water partition coefficient (Wildman–Crippen LogP) is 9.04. The summed E-state index contributed by atoms with van der Waals surface area (Å²) < 4.78 is 4.84. The molecule has 3 amide bonds. The molecule has 0 radical (unpaired) electrons. The molecule has 2 aliphatic heterocycles. The number of nitrogens with one attached hydrogen (secondary N) is 3. The van der Waals surface area contributed by atoms with E-state index in [2.05, 4.69) is 79.4 Å². The van der Waals surface area contributed by atoms with Crippen molar-refractivity contribution in [3.05, 3.63) is 71.6 Å². The minimum absolute atomic E-state index is 0.0139. The van der Waals surface area contributed by atoms with Crippen molar-refractivity contribution in [1.29, 1.82) is 0 Å². The van der Waals surface area contributed by atoms with Crippen LogP contribution in [0.25, 0.3) is 33.6 Å². The van der Waals surface area contributed by atoms with E-state index in [0.717, 1.165) is 60.8 Å². The van der Waals surface area contributed by atoms with Gasteiger partial charge in [0.15, 0.2) is 0 Å². The van der Waals surface area contributed by atoms with E-state index in [9.17, 15) is 14.4 Å². The molecule has 2 aromatic heterocycles. The van der Waals surface area contributed by atoms with Crippen molar-refractivity contribution in [1.82, 2.24) is 35.1 Å². The van der Waals surface area contributed by atoms with Gasteiger partial charge >= 0.3 is 6.09 Å². The molecule has 0 bridgehead atoms. The Hall–Kier alpha value is -4.93. The van der Waals surface area contributed by atoms with Crippen LogP contribution < -0.4 is 5.32 Å². The molecule has 1 saturated carbocycles. The number of rotatable bonds is 10. The lowest BCUT2D eigenvalue weighted by molar-refractivity contribution is -0.135. The number of nitrogens with zero attached hydrogens (tertiary/aromatic N) is 4. The molecule has 4 aromatic rings. The first-order valence-corrected chi connectivity index (χ1v) is 21.6. The van der Waals surface area contributed by atoms with Crippen molar-refractivity contribution in [2.75, 3.05) is 20.2 Å². The first-order chi connectivity index (χ1) is 27.8. The largest absolute Gasteiger partial charge is 0.453 e. The second-order valence-corrected chi connectivity index (χ2v) is 18.8. The van der Waals surface area contributed by atoms with E-state index >= 15 is 0 Å².